The molecule has 0 bridgehead atoms. The van der Waals surface area contributed by atoms with E-state index in [0.717, 1.165) is 64.7 Å². The molecule has 2 aromatic rings. The zero-order valence-electron chi connectivity index (χ0n) is 24.2. The van der Waals surface area contributed by atoms with Gasteiger partial charge in [-0.2, -0.15) is 0 Å². The fourth-order valence-electron chi connectivity index (χ4n) is 7.41. The van der Waals surface area contributed by atoms with E-state index < -0.39 is 0 Å². The van der Waals surface area contributed by atoms with Gasteiger partial charge in [-0.15, -0.1) is 0 Å². The predicted molar refractivity (Wildman–Crippen MR) is 159 cm³/mol. The minimum atomic E-state index is -0.0535. The highest BCUT2D eigenvalue weighted by atomic mass is 16.2. The molecule has 0 radical (unpaired) electrons. The molecule has 6 rings (SSSR count). The molecule has 2 saturated heterocycles. The minimum absolute atomic E-state index is 0.0535. The molecule has 41 heavy (non-hydrogen) atoms. The minimum Gasteiger partial charge on any atom is -0.349 e. The van der Waals surface area contributed by atoms with Crippen LogP contribution in [0.4, 0.5) is 4.79 Å². The fraction of sp³-hybridized carbons (Fsp3) is 0.559. The number of amides is 3. The Hall–Kier alpha value is -3.19. The standard InChI is InChI=1S/C34H44N4O3/c39-31-17-15-28(16-18-31)35-33(40)27-13-11-25(12-14-27)23-36-21-19-30(20-22-36)38-32(26-7-3-1-4-8-26)24-37(34(38)41)29-9-5-2-6-10-29/h1,3-4,7-8,11-14,28-30,32H,2,5-6,9-10,15-24H2,(H,35,40). The van der Waals surface area contributed by atoms with Gasteiger partial charge in [0.2, 0.25) is 0 Å². The van der Waals surface area contributed by atoms with E-state index in [1.165, 1.54) is 30.4 Å². The van der Waals surface area contributed by atoms with E-state index in [2.05, 4.69) is 62.5 Å². The van der Waals surface area contributed by atoms with Gasteiger partial charge < -0.3 is 15.1 Å². The second-order valence-corrected chi connectivity index (χ2v) is 12.6. The van der Waals surface area contributed by atoms with Crippen molar-refractivity contribution in [2.75, 3.05) is 19.6 Å². The van der Waals surface area contributed by atoms with E-state index in [9.17, 15) is 14.4 Å². The van der Waals surface area contributed by atoms with Crippen molar-refractivity contribution < 1.29 is 14.4 Å². The number of benzene rings is 2. The van der Waals surface area contributed by atoms with Gasteiger partial charge in [-0.05, 0) is 61.8 Å². The Morgan fingerprint density at radius 3 is 2.15 bits per heavy atom. The van der Waals surface area contributed by atoms with Gasteiger partial charge in [-0.25, -0.2) is 4.79 Å². The lowest BCUT2D eigenvalue weighted by atomic mass is 9.94. The molecule has 2 aliphatic carbocycles. The van der Waals surface area contributed by atoms with Gasteiger partial charge in [0.05, 0.1) is 6.04 Å². The van der Waals surface area contributed by atoms with Crippen LogP contribution >= 0.6 is 0 Å². The summed E-state index contributed by atoms with van der Waals surface area (Å²) in [6, 6.07) is 19.7. The number of carbonyl (C=O) groups excluding carboxylic acids is 3. The van der Waals surface area contributed by atoms with Crippen molar-refractivity contribution >= 4 is 17.7 Å². The largest absolute Gasteiger partial charge is 0.349 e. The first-order valence-corrected chi connectivity index (χ1v) is 15.8. The molecule has 4 aliphatic rings. The number of nitrogens with zero attached hydrogens (tertiary/aromatic N) is 3. The molecule has 2 aliphatic heterocycles. The molecule has 1 unspecified atom stereocenters. The van der Waals surface area contributed by atoms with E-state index in [-0.39, 0.29) is 30.1 Å². The number of piperidine rings is 1. The molecule has 0 spiro atoms. The van der Waals surface area contributed by atoms with Crippen LogP contribution in [0.5, 0.6) is 0 Å². The lowest BCUT2D eigenvalue weighted by Gasteiger charge is -2.39. The number of hydrogen-bond acceptors (Lipinski definition) is 4. The van der Waals surface area contributed by atoms with Crippen LogP contribution in [0.2, 0.25) is 0 Å². The van der Waals surface area contributed by atoms with Gasteiger partial charge in [0.25, 0.3) is 5.91 Å². The molecule has 2 saturated carbocycles. The fourth-order valence-corrected chi connectivity index (χ4v) is 7.41. The number of rotatable bonds is 7. The average molecular weight is 557 g/mol. The zero-order chi connectivity index (χ0) is 28.2. The van der Waals surface area contributed by atoms with Crippen molar-refractivity contribution in [2.24, 2.45) is 0 Å². The Labute approximate surface area is 244 Å². The van der Waals surface area contributed by atoms with Gasteiger partial charge >= 0.3 is 6.03 Å². The third kappa shape index (κ3) is 6.50. The van der Waals surface area contributed by atoms with Crippen molar-refractivity contribution in [2.45, 2.75) is 101 Å². The van der Waals surface area contributed by atoms with Crippen molar-refractivity contribution in [1.29, 1.82) is 0 Å². The van der Waals surface area contributed by atoms with Crippen LogP contribution in [0.15, 0.2) is 54.6 Å². The molecule has 7 heteroatoms. The summed E-state index contributed by atoms with van der Waals surface area (Å²) in [6.07, 6.45) is 10.6. The first-order chi connectivity index (χ1) is 20.0. The van der Waals surface area contributed by atoms with Gasteiger partial charge in [-0.1, -0.05) is 61.7 Å². The van der Waals surface area contributed by atoms with E-state index in [1.54, 1.807) is 0 Å². The predicted octanol–water partition coefficient (Wildman–Crippen LogP) is 5.70. The lowest BCUT2D eigenvalue weighted by Crippen LogP contribution is -2.48. The third-order valence-electron chi connectivity index (χ3n) is 9.82. The summed E-state index contributed by atoms with van der Waals surface area (Å²) in [5.74, 6) is 0.246. The van der Waals surface area contributed by atoms with Crippen LogP contribution in [0.1, 0.15) is 98.2 Å². The van der Waals surface area contributed by atoms with E-state index in [4.69, 9.17) is 0 Å². The highest BCUT2D eigenvalue weighted by molar-refractivity contribution is 5.94. The monoisotopic (exact) mass is 556 g/mol. The molecule has 7 nitrogen and oxygen atoms in total. The molecule has 3 amide bonds. The first-order valence-electron chi connectivity index (χ1n) is 15.8. The van der Waals surface area contributed by atoms with Crippen molar-refractivity contribution in [3.05, 3.63) is 71.3 Å². The van der Waals surface area contributed by atoms with Gasteiger partial charge in [0.1, 0.15) is 5.78 Å². The van der Waals surface area contributed by atoms with E-state index >= 15 is 0 Å². The lowest BCUT2D eigenvalue weighted by molar-refractivity contribution is -0.120. The number of Topliss-reactive ketones (excluding diaryl/α,β-unsaturated/α-hetero) is 1. The normalized spacial score (nSPS) is 23.8. The average Bonchev–Trinajstić information content (AvgIpc) is 3.37. The molecule has 2 heterocycles. The molecule has 0 aromatic heterocycles. The van der Waals surface area contributed by atoms with Crippen LogP contribution in [0, 0.1) is 0 Å². The van der Waals surface area contributed by atoms with Crippen LogP contribution in [-0.4, -0.2) is 70.2 Å². The van der Waals surface area contributed by atoms with Crippen LogP contribution in [0.3, 0.4) is 0 Å². The summed E-state index contributed by atoms with van der Waals surface area (Å²) >= 11 is 0. The number of ketones is 1. The summed E-state index contributed by atoms with van der Waals surface area (Å²) < 4.78 is 0. The first kappa shape index (κ1) is 28.0. The van der Waals surface area contributed by atoms with Crippen molar-refractivity contribution in [1.82, 2.24) is 20.0 Å². The summed E-state index contributed by atoms with van der Waals surface area (Å²) in [5.41, 5.74) is 3.13. The topological polar surface area (TPSA) is 73.0 Å². The summed E-state index contributed by atoms with van der Waals surface area (Å²) in [4.78, 5) is 45.0. The highest BCUT2D eigenvalue weighted by Gasteiger charge is 2.45. The Morgan fingerprint density at radius 2 is 1.46 bits per heavy atom. The Morgan fingerprint density at radius 1 is 0.780 bits per heavy atom. The molecule has 218 valence electrons. The maximum absolute atomic E-state index is 13.9. The molecular weight excluding hydrogens is 512 g/mol. The van der Waals surface area contributed by atoms with E-state index in [0.29, 0.717) is 30.2 Å². The third-order valence-corrected chi connectivity index (χ3v) is 9.82. The molecule has 1 atom stereocenters. The second kappa shape index (κ2) is 12.8. The van der Waals surface area contributed by atoms with Gasteiger partial charge in [0, 0.05) is 62.7 Å². The molecular formula is C34H44N4O3. The summed E-state index contributed by atoms with van der Waals surface area (Å²) in [6.45, 7) is 3.58. The quantitative estimate of drug-likeness (QED) is 0.475. The van der Waals surface area contributed by atoms with Crippen LogP contribution < -0.4 is 5.32 Å². The zero-order valence-corrected chi connectivity index (χ0v) is 24.2. The maximum Gasteiger partial charge on any atom is 0.321 e. The Balaban J connectivity index is 1.04. The Bertz CT molecular complexity index is 1190. The number of hydrogen-bond donors (Lipinski definition) is 1. The molecule has 1 N–H and O–H groups in total. The van der Waals surface area contributed by atoms with Crippen molar-refractivity contribution in [3.63, 3.8) is 0 Å². The molecule has 2 aromatic carbocycles. The number of likely N-dealkylation sites (tertiary alicyclic amines) is 1. The van der Waals surface area contributed by atoms with Crippen LogP contribution in [-0.2, 0) is 11.3 Å². The number of carbonyl (C=O) groups is 3. The maximum atomic E-state index is 13.9. The number of nitrogens with one attached hydrogen (secondary N) is 1. The van der Waals surface area contributed by atoms with Gasteiger partial charge in [0.15, 0.2) is 0 Å². The number of urea groups is 1. The van der Waals surface area contributed by atoms with E-state index in [1.807, 2.05) is 12.1 Å². The second-order valence-electron chi connectivity index (χ2n) is 12.6. The smallest absolute Gasteiger partial charge is 0.321 e. The highest BCUT2D eigenvalue weighted by Crippen LogP contribution is 2.38. The SMILES string of the molecule is O=C1CCC(NC(=O)c2ccc(CN3CCC(N4C(=O)N(C5CCCCC5)CC4c4ccccc4)CC3)cc2)CC1. The summed E-state index contributed by atoms with van der Waals surface area (Å²) in [7, 11) is 0. The van der Waals surface area contributed by atoms with Crippen molar-refractivity contribution in [3.8, 4) is 0 Å². The Kier molecular flexibility index (Phi) is 8.70. The summed E-state index contributed by atoms with van der Waals surface area (Å²) in [5, 5.41) is 3.09. The van der Waals surface area contributed by atoms with Crippen LogP contribution in [0.25, 0.3) is 0 Å². The van der Waals surface area contributed by atoms with Gasteiger partial charge in [-0.3, -0.25) is 14.5 Å². The molecule has 4 fully saturated rings.